The molecule has 0 spiro atoms. The number of anilines is 1. The van der Waals surface area contributed by atoms with Crippen molar-refractivity contribution in [3.05, 3.63) is 17.0 Å². The zero-order chi connectivity index (χ0) is 14.3. The summed E-state index contributed by atoms with van der Waals surface area (Å²) in [7, 11) is 0. The lowest BCUT2D eigenvalue weighted by Gasteiger charge is -2.23. The quantitative estimate of drug-likeness (QED) is 0.622. The molecular weight excluding hydrogens is 254 g/mol. The summed E-state index contributed by atoms with van der Waals surface area (Å²) < 4.78 is 0. The second-order valence-electron chi connectivity index (χ2n) is 5.30. The third-order valence-electron chi connectivity index (χ3n) is 3.26. The first-order valence-electron chi connectivity index (χ1n) is 7.50. The fraction of sp³-hybridized carbons (Fsp3) is 0.688. The average Bonchev–Trinajstić information content (AvgIpc) is 2.86. The first-order chi connectivity index (χ1) is 9.10. The summed E-state index contributed by atoms with van der Waals surface area (Å²) in [6.45, 7) is 9.20. The van der Waals surface area contributed by atoms with Gasteiger partial charge in [0.25, 0.3) is 0 Å². The lowest BCUT2D eigenvalue weighted by molar-refractivity contribution is -0.121. The van der Waals surface area contributed by atoms with E-state index in [1.807, 2.05) is 18.7 Å². The Hall–Kier alpha value is -0.830. The molecule has 0 atom stereocenters. The van der Waals surface area contributed by atoms with Gasteiger partial charge in [-0.1, -0.05) is 47.0 Å². The molecule has 1 aromatic rings. The van der Waals surface area contributed by atoms with Gasteiger partial charge < -0.3 is 4.90 Å². The van der Waals surface area contributed by atoms with E-state index in [4.69, 9.17) is 0 Å². The number of carbonyl (C=O) groups is 1. The van der Waals surface area contributed by atoms with Gasteiger partial charge >= 0.3 is 0 Å². The fourth-order valence-electron chi connectivity index (χ4n) is 2.04. The molecule has 0 aliphatic heterocycles. The van der Waals surface area contributed by atoms with Crippen molar-refractivity contribution in [3.63, 3.8) is 0 Å². The smallest absolute Gasteiger partial charge is 0.230 e. The van der Waals surface area contributed by atoms with Crippen molar-refractivity contribution in [1.82, 2.24) is 0 Å². The summed E-state index contributed by atoms with van der Waals surface area (Å²) in [6, 6.07) is 4.25. The standard InChI is InChI=1S/C16H27NOS/c1-5-7-8-9-12-17(16(18)13(3)4)15-11-10-14(6-2)19-15/h10-11,13H,5-9,12H2,1-4H3. The second kappa shape index (κ2) is 8.36. The van der Waals surface area contributed by atoms with Gasteiger partial charge in [-0.25, -0.2) is 0 Å². The predicted molar refractivity (Wildman–Crippen MR) is 85.0 cm³/mol. The average molecular weight is 281 g/mol. The molecular formula is C16H27NOS. The maximum absolute atomic E-state index is 12.3. The Morgan fingerprint density at radius 2 is 1.95 bits per heavy atom. The van der Waals surface area contributed by atoms with E-state index in [1.165, 1.54) is 24.1 Å². The molecule has 1 rings (SSSR count). The Labute approximate surface area is 121 Å². The monoisotopic (exact) mass is 281 g/mol. The van der Waals surface area contributed by atoms with Gasteiger partial charge in [0.1, 0.15) is 0 Å². The van der Waals surface area contributed by atoms with Crippen molar-refractivity contribution in [2.24, 2.45) is 5.92 Å². The minimum absolute atomic E-state index is 0.0679. The van der Waals surface area contributed by atoms with Gasteiger partial charge in [-0.2, -0.15) is 0 Å². The Bertz CT molecular complexity index is 384. The molecule has 19 heavy (non-hydrogen) atoms. The fourth-order valence-corrected chi connectivity index (χ4v) is 3.02. The molecule has 1 heterocycles. The van der Waals surface area contributed by atoms with Gasteiger partial charge in [0.05, 0.1) is 5.00 Å². The minimum Gasteiger partial charge on any atom is -0.304 e. The lowest BCUT2D eigenvalue weighted by atomic mass is 10.1. The molecule has 0 fully saturated rings. The number of rotatable bonds is 8. The highest BCUT2D eigenvalue weighted by molar-refractivity contribution is 7.16. The maximum Gasteiger partial charge on any atom is 0.230 e. The van der Waals surface area contributed by atoms with E-state index in [0.717, 1.165) is 24.4 Å². The van der Waals surface area contributed by atoms with Crippen molar-refractivity contribution in [2.75, 3.05) is 11.4 Å². The SMILES string of the molecule is CCCCCCN(C(=O)C(C)C)c1ccc(CC)s1. The van der Waals surface area contributed by atoms with Crippen LogP contribution in [-0.4, -0.2) is 12.5 Å². The molecule has 0 bridgehead atoms. The number of carbonyl (C=O) groups excluding carboxylic acids is 1. The lowest BCUT2D eigenvalue weighted by Crippen LogP contribution is -2.34. The Morgan fingerprint density at radius 3 is 2.47 bits per heavy atom. The van der Waals surface area contributed by atoms with Crippen LogP contribution in [0.15, 0.2) is 12.1 Å². The second-order valence-corrected chi connectivity index (χ2v) is 6.45. The number of thiophene rings is 1. The Kier molecular flexibility index (Phi) is 7.14. The van der Waals surface area contributed by atoms with Crippen LogP contribution in [0, 0.1) is 5.92 Å². The molecule has 0 radical (unpaired) electrons. The zero-order valence-electron chi connectivity index (χ0n) is 12.7. The number of hydrogen-bond acceptors (Lipinski definition) is 2. The zero-order valence-corrected chi connectivity index (χ0v) is 13.6. The third kappa shape index (κ3) is 4.98. The third-order valence-corrected chi connectivity index (χ3v) is 4.51. The van der Waals surface area contributed by atoms with Crippen LogP contribution in [0.1, 0.15) is 58.3 Å². The van der Waals surface area contributed by atoms with Gasteiger partial charge in [-0.05, 0) is 25.0 Å². The van der Waals surface area contributed by atoms with Crippen LogP contribution < -0.4 is 4.90 Å². The summed E-state index contributed by atoms with van der Waals surface area (Å²) in [5, 5.41) is 1.12. The molecule has 1 aromatic heterocycles. The van der Waals surface area contributed by atoms with E-state index in [9.17, 15) is 4.79 Å². The van der Waals surface area contributed by atoms with Crippen LogP contribution in [0.5, 0.6) is 0 Å². The van der Waals surface area contributed by atoms with E-state index in [0.29, 0.717) is 0 Å². The van der Waals surface area contributed by atoms with Crippen molar-refractivity contribution < 1.29 is 4.79 Å². The van der Waals surface area contributed by atoms with Gasteiger partial charge in [0, 0.05) is 17.3 Å². The molecule has 0 N–H and O–H groups in total. The number of aryl methyl sites for hydroxylation is 1. The molecule has 0 aromatic carbocycles. The topological polar surface area (TPSA) is 20.3 Å². The van der Waals surface area contributed by atoms with E-state index in [2.05, 4.69) is 26.0 Å². The highest BCUT2D eigenvalue weighted by atomic mass is 32.1. The molecule has 108 valence electrons. The summed E-state index contributed by atoms with van der Waals surface area (Å²) in [4.78, 5) is 15.7. The van der Waals surface area contributed by atoms with Crippen LogP contribution in [-0.2, 0) is 11.2 Å². The van der Waals surface area contributed by atoms with Crippen LogP contribution in [0.25, 0.3) is 0 Å². The van der Waals surface area contributed by atoms with Gasteiger partial charge in [0.2, 0.25) is 5.91 Å². The van der Waals surface area contributed by atoms with Crippen LogP contribution in [0.4, 0.5) is 5.00 Å². The van der Waals surface area contributed by atoms with Crippen molar-refractivity contribution in [3.8, 4) is 0 Å². The predicted octanol–water partition coefficient (Wildman–Crippen LogP) is 4.88. The van der Waals surface area contributed by atoms with Gasteiger partial charge in [-0.15, -0.1) is 11.3 Å². The van der Waals surface area contributed by atoms with Gasteiger partial charge in [0.15, 0.2) is 0 Å². The molecule has 1 amide bonds. The maximum atomic E-state index is 12.3. The first-order valence-corrected chi connectivity index (χ1v) is 8.31. The molecule has 0 unspecified atom stereocenters. The van der Waals surface area contributed by atoms with Crippen molar-refractivity contribution >= 4 is 22.2 Å². The normalized spacial score (nSPS) is 11.0. The highest BCUT2D eigenvalue weighted by Gasteiger charge is 2.19. The van der Waals surface area contributed by atoms with Crippen LogP contribution >= 0.6 is 11.3 Å². The number of nitrogens with zero attached hydrogens (tertiary/aromatic N) is 1. The number of hydrogen-bond donors (Lipinski definition) is 0. The van der Waals surface area contributed by atoms with Gasteiger partial charge in [-0.3, -0.25) is 4.79 Å². The van der Waals surface area contributed by atoms with E-state index < -0.39 is 0 Å². The van der Waals surface area contributed by atoms with E-state index in [1.54, 1.807) is 11.3 Å². The van der Waals surface area contributed by atoms with E-state index >= 15 is 0 Å². The molecule has 2 nitrogen and oxygen atoms in total. The van der Waals surface area contributed by atoms with Crippen molar-refractivity contribution in [1.29, 1.82) is 0 Å². The Balaban J connectivity index is 2.71. The van der Waals surface area contributed by atoms with Crippen LogP contribution in [0.3, 0.4) is 0 Å². The Morgan fingerprint density at radius 1 is 1.21 bits per heavy atom. The molecule has 3 heteroatoms. The molecule has 0 aliphatic rings. The summed E-state index contributed by atoms with van der Waals surface area (Å²) >= 11 is 1.76. The largest absolute Gasteiger partial charge is 0.304 e. The summed E-state index contributed by atoms with van der Waals surface area (Å²) in [5.74, 6) is 0.319. The first kappa shape index (κ1) is 16.2. The highest BCUT2D eigenvalue weighted by Crippen LogP contribution is 2.28. The molecule has 0 saturated carbocycles. The summed E-state index contributed by atoms with van der Waals surface area (Å²) in [5.41, 5.74) is 0. The summed E-state index contributed by atoms with van der Waals surface area (Å²) in [6.07, 6.45) is 5.85. The molecule has 0 aliphatic carbocycles. The number of unbranched alkanes of at least 4 members (excludes halogenated alkanes) is 3. The number of amides is 1. The minimum atomic E-state index is 0.0679. The van der Waals surface area contributed by atoms with Crippen molar-refractivity contribution in [2.45, 2.75) is 59.8 Å². The molecule has 0 saturated heterocycles. The van der Waals surface area contributed by atoms with E-state index in [-0.39, 0.29) is 11.8 Å². The van der Waals surface area contributed by atoms with Crippen LogP contribution in [0.2, 0.25) is 0 Å².